The number of amides is 1. The number of rotatable bonds is 8. The van der Waals surface area contributed by atoms with Gasteiger partial charge in [0.1, 0.15) is 6.54 Å². The van der Waals surface area contributed by atoms with Gasteiger partial charge in [0, 0.05) is 5.69 Å². The molecule has 3 rings (SSSR count). The number of carbonyl (C=O) groups is 2. The fraction of sp³-hybridized carbons (Fsp3) is 0.190. The summed E-state index contributed by atoms with van der Waals surface area (Å²) in [6, 6.07) is 16.9. The van der Waals surface area contributed by atoms with Gasteiger partial charge in [-0.2, -0.15) is 15.0 Å². The number of nitrogens with zero attached hydrogens (tertiary/aromatic N) is 3. The molecule has 1 amide bonds. The SMILES string of the molecule is Cc1ccccc1Nc1nc(N)nc(COC(=O)CNC(=O)Cc2ccccc2)n1. The third kappa shape index (κ3) is 6.26. The minimum atomic E-state index is -0.608. The lowest BCUT2D eigenvalue weighted by atomic mass is 10.1. The standard InChI is InChI=1S/C21H22N6O3/c1-14-7-5-6-10-16(14)24-21-26-17(25-20(22)27-21)13-30-19(29)12-23-18(28)11-15-8-3-2-4-9-15/h2-10H,11-13H2,1H3,(H,23,28)(H3,22,24,25,26,27). The third-order valence-corrected chi connectivity index (χ3v) is 4.09. The summed E-state index contributed by atoms with van der Waals surface area (Å²) < 4.78 is 5.12. The largest absolute Gasteiger partial charge is 0.456 e. The van der Waals surface area contributed by atoms with E-state index < -0.39 is 5.97 Å². The lowest BCUT2D eigenvalue weighted by molar-refractivity contribution is -0.145. The number of anilines is 3. The van der Waals surface area contributed by atoms with Crippen molar-refractivity contribution in [2.24, 2.45) is 0 Å². The van der Waals surface area contributed by atoms with E-state index in [4.69, 9.17) is 10.5 Å². The van der Waals surface area contributed by atoms with Crippen molar-refractivity contribution in [1.82, 2.24) is 20.3 Å². The van der Waals surface area contributed by atoms with Gasteiger partial charge in [0.2, 0.25) is 17.8 Å². The molecule has 0 saturated heterocycles. The minimum absolute atomic E-state index is 0.00305. The third-order valence-electron chi connectivity index (χ3n) is 4.09. The molecule has 9 heteroatoms. The zero-order valence-electron chi connectivity index (χ0n) is 16.5. The molecule has 0 fully saturated rings. The van der Waals surface area contributed by atoms with Crippen LogP contribution in [-0.4, -0.2) is 33.4 Å². The molecule has 0 unspecified atom stereocenters. The Bertz CT molecular complexity index is 1030. The van der Waals surface area contributed by atoms with Gasteiger partial charge in [-0.25, -0.2) is 0 Å². The summed E-state index contributed by atoms with van der Waals surface area (Å²) in [6.45, 7) is 1.50. The first-order chi connectivity index (χ1) is 14.5. The first-order valence-corrected chi connectivity index (χ1v) is 9.29. The predicted octanol–water partition coefficient (Wildman–Crippen LogP) is 1.91. The Morgan fingerprint density at radius 1 is 1.00 bits per heavy atom. The van der Waals surface area contributed by atoms with Crippen LogP contribution in [0.15, 0.2) is 54.6 Å². The van der Waals surface area contributed by atoms with Gasteiger partial charge in [-0.1, -0.05) is 48.5 Å². The number of carbonyl (C=O) groups excluding carboxylic acids is 2. The molecule has 0 spiro atoms. The van der Waals surface area contributed by atoms with E-state index in [2.05, 4.69) is 25.6 Å². The lowest BCUT2D eigenvalue weighted by Gasteiger charge is -2.10. The van der Waals surface area contributed by atoms with Crippen LogP contribution in [0.4, 0.5) is 17.6 Å². The number of hydrogen-bond donors (Lipinski definition) is 3. The van der Waals surface area contributed by atoms with Crippen molar-refractivity contribution in [3.8, 4) is 0 Å². The number of para-hydroxylation sites is 1. The minimum Gasteiger partial charge on any atom is -0.456 e. The normalized spacial score (nSPS) is 10.3. The number of nitrogens with two attached hydrogens (primary N) is 1. The van der Waals surface area contributed by atoms with E-state index in [-0.39, 0.29) is 43.2 Å². The van der Waals surface area contributed by atoms with E-state index in [0.717, 1.165) is 16.8 Å². The molecule has 1 aromatic heterocycles. The number of nitrogens with one attached hydrogen (secondary N) is 2. The first kappa shape index (κ1) is 20.7. The molecule has 0 radical (unpaired) electrons. The molecule has 0 saturated carbocycles. The molecule has 3 aromatic rings. The van der Waals surface area contributed by atoms with Crippen LogP contribution in [-0.2, 0) is 27.4 Å². The topological polar surface area (TPSA) is 132 Å². The molecule has 0 atom stereocenters. The number of nitrogen functional groups attached to an aromatic ring is 1. The molecule has 30 heavy (non-hydrogen) atoms. The maximum Gasteiger partial charge on any atom is 0.325 e. The van der Waals surface area contributed by atoms with Crippen molar-refractivity contribution in [3.63, 3.8) is 0 Å². The number of aromatic nitrogens is 3. The molecule has 0 bridgehead atoms. The highest BCUT2D eigenvalue weighted by Crippen LogP contribution is 2.17. The maximum absolute atomic E-state index is 11.9. The van der Waals surface area contributed by atoms with E-state index in [1.54, 1.807) is 0 Å². The van der Waals surface area contributed by atoms with E-state index in [9.17, 15) is 9.59 Å². The zero-order valence-corrected chi connectivity index (χ0v) is 16.5. The Morgan fingerprint density at radius 2 is 1.73 bits per heavy atom. The Hall–Kier alpha value is -4.01. The Balaban J connectivity index is 1.50. The number of benzene rings is 2. The van der Waals surface area contributed by atoms with E-state index in [1.807, 2.05) is 61.5 Å². The van der Waals surface area contributed by atoms with Gasteiger partial charge in [-0.15, -0.1) is 0 Å². The van der Waals surface area contributed by atoms with E-state index >= 15 is 0 Å². The van der Waals surface area contributed by atoms with Gasteiger partial charge in [0.15, 0.2) is 12.4 Å². The summed E-state index contributed by atoms with van der Waals surface area (Å²) in [7, 11) is 0. The van der Waals surface area contributed by atoms with Crippen LogP contribution in [0.25, 0.3) is 0 Å². The van der Waals surface area contributed by atoms with E-state index in [0.29, 0.717) is 0 Å². The summed E-state index contributed by atoms with van der Waals surface area (Å²) in [6.07, 6.45) is 0.187. The van der Waals surface area contributed by atoms with Crippen molar-refractivity contribution in [3.05, 3.63) is 71.5 Å². The predicted molar refractivity (Wildman–Crippen MR) is 112 cm³/mol. The van der Waals surface area contributed by atoms with Crippen LogP contribution in [0.5, 0.6) is 0 Å². The van der Waals surface area contributed by atoms with Crippen molar-refractivity contribution >= 4 is 29.5 Å². The molecule has 1 heterocycles. The van der Waals surface area contributed by atoms with Crippen LogP contribution in [0, 0.1) is 6.92 Å². The zero-order chi connectivity index (χ0) is 21.3. The molecule has 9 nitrogen and oxygen atoms in total. The number of aryl methyl sites for hydroxylation is 1. The molecule has 2 aromatic carbocycles. The van der Waals surface area contributed by atoms with Gasteiger partial charge in [0.05, 0.1) is 6.42 Å². The highest BCUT2D eigenvalue weighted by Gasteiger charge is 2.11. The molecule has 0 aliphatic carbocycles. The van der Waals surface area contributed by atoms with E-state index in [1.165, 1.54) is 0 Å². The fourth-order valence-electron chi connectivity index (χ4n) is 2.60. The number of ether oxygens (including phenoxy) is 1. The quantitative estimate of drug-likeness (QED) is 0.483. The fourth-order valence-corrected chi connectivity index (χ4v) is 2.60. The van der Waals surface area contributed by atoms with Gasteiger partial charge >= 0.3 is 5.97 Å². The molecule has 4 N–H and O–H groups in total. The maximum atomic E-state index is 11.9. The average Bonchev–Trinajstić information content (AvgIpc) is 2.73. The lowest BCUT2D eigenvalue weighted by Crippen LogP contribution is -2.31. The summed E-state index contributed by atoms with van der Waals surface area (Å²) in [5, 5.41) is 5.59. The molecular weight excluding hydrogens is 384 g/mol. The van der Waals surface area contributed by atoms with Crippen LogP contribution < -0.4 is 16.4 Å². The first-order valence-electron chi connectivity index (χ1n) is 9.29. The average molecular weight is 406 g/mol. The summed E-state index contributed by atoms with van der Waals surface area (Å²) in [5.74, 6) is -0.430. The van der Waals surface area contributed by atoms with Crippen molar-refractivity contribution < 1.29 is 14.3 Å². The van der Waals surface area contributed by atoms with Gasteiger partial charge in [0.25, 0.3) is 0 Å². The van der Waals surface area contributed by atoms with Crippen LogP contribution >= 0.6 is 0 Å². The number of esters is 1. The van der Waals surface area contributed by atoms with Crippen LogP contribution in [0.1, 0.15) is 17.0 Å². The summed E-state index contributed by atoms with van der Waals surface area (Å²) >= 11 is 0. The van der Waals surface area contributed by atoms with Crippen molar-refractivity contribution in [2.45, 2.75) is 20.0 Å². The summed E-state index contributed by atoms with van der Waals surface area (Å²) in [4.78, 5) is 36.1. The molecule has 0 aliphatic heterocycles. The second-order valence-corrected chi connectivity index (χ2v) is 6.47. The molecular formula is C21H22N6O3. The smallest absolute Gasteiger partial charge is 0.325 e. The Labute approximate surface area is 173 Å². The Morgan fingerprint density at radius 3 is 2.50 bits per heavy atom. The molecule has 154 valence electrons. The summed E-state index contributed by atoms with van der Waals surface area (Å²) in [5.41, 5.74) is 8.42. The highest BCUT2D eigenvalue weighted by molar-refractivity contribution is 5.83. The second kappa shape index (κ2) is 9.97. The molecule has 0 aliphatic rings. The second-order valence-electron chi connectivity index (χ2n) is 6.47. The van der Waals surface area contributed by atoms with Crippen LogP contribution in [0.3, 0.4) is 0 Å². The van der Waals surface area contributed by atoms with Gasteiger partial charge in [-0.05, 0) is 24.1 Å². The Kier molecular flexibility index (Phi) is 6.88. The van der Waals surface area contributed by atoms with Crippen LogP contribution in [0.2, 0.25) is 0 Å². The monoisotopic (exact) mass is 406 g/mol. The van der Waals surface area contributed by atoms with Gasteiger partial charge < -0.3 is 21.1 Å². The van der Waals surface area contributed by atoms with Crippen molar-refractivity contribution in [1.29, 1.82) is 0 Å². The van der Waals surface area contributed by atoms with Crippen molar-refractivity contribution in [2.75, 3.05) is 17.6 Å². The van der Waals surface area contributed by atoms with Gasteiger partial charge in [-0.3, -0.25) is 9.59 Å². The highest BCUT2D eigenvalue weighted by atomic mass is 16.5. The number of hydrogen-bond acceptors (Lipinski definition) is 8.